The molecule has 0 atom stereocenters. The van der Waals surface area contributed by atoms with Crippen molar-refractivity contribution in [2.45, 2.75) is 26.8 Å². The van der Waals surface area contributed by atoms with E-state index in [0.717, 1.165) is 45.7 Å². The summed E-state index contributed by atoms with van der Waals surface area (Å²) >= 11 is 0. The van der Waals surface area contributed by atoms with E-state index < -0.39 is 0 Å². The average Bonchev–Trinajstić information content (AvgIpc) is 2.91. The Morgan fingerprint density at radius 2 is 1.96 bits per heavy atom. The third-order valence-electron chi connectivity index (χ3n) is 5.57. The number of carbonyl (C=O) groups is 1. The molecule has 3 aromatic rings. The zero-order valence-corrected chi connectivity index (χ0v) is 16.6. The van der Waals surface area contributed by atoms with Gasteiger partial charge in [0.25, 0.3) is 5.91 Å². The second-order valence-electron chi connectivity index (χ2n) is 7.50. The Labute approximate surface area is 159 Å². The maximum atomic E-state index is 13.4. The predicted octanol–water partition coefficient (Wildman–Crippen LogP) is 2.85. The molecule has 3 heterocycles. The van der Waals surface area contributed by atoms with Gasteiger partial charge in [-0.2, -0.15) is 0 Å². The second-order valence-corrected chi connectivity index (χ2v) is 7.50. The van der Waals surface area contributed by atoms with Crippen LogP contribution < -0.4 is 4.90 Å². The largest absolute Gasteiger partial charge is 0.362 e. The molecule has 1 amide bonds. The number of aryl methyl sites for hydroxylation is 3. The Morgan fingerprint density at radius 1 is 1.19 bits per heavy atom. The molecule has 0 N–H and O–H groups in total. The Bertz CT molecular complexity index is 1050. The molecule has 0 aliphatic carbocycles. The normalized spacial score (nSPS) is 13.7. The van der Waals surface area contributed by atoms with Crippen LogP contribution in [-0.2, 0) is 20.0 Å². The minimum atomic E-state index is 0.0706. The van der Waals surface area contributed by atoms with Gasteiger partial charge in [0.1, 0.15) is 17.8 Å². The molecule has 0 fully saturated rings. The van der Waals surface area contributed by atoms with E-state index >= 15 is 0 Å². The number of anilines is 1. The molecule has 0 saturated carbocycles. The lowest BCUT2D eigenvalue weighted by molar-refractivity contribution is 0.0722. The molecule has 1 aromatic carbocycles. The standard InChI is InChI=1S/C21H25N5O/c1-13-7-6-8-15-14(2)19(25(5)18(13)15)21(27)26-10-9-16-17(11-26)22-12-23-20(16)24(3)4/h6-8,12H,9-11H2,1-5H3. The summed E-state index contributed by atoms with van der Waals surface area (Å²) in [4.78, 5) is 26.2. The van der Waals surface area contributed by atoms with E-state index in [1.165, 1.54) is 5.56 Å². The summed E-state index contributed by atoms with van der Waals surface area (Å²) in [5, 5.41) is 1.15. The third-order valence-corrected chi connectivity index (χ3v) is 5.57. The predicted molar refractivity (Wildman–Crippen MR) is 107 cm³/mol. The molecule has 27 heavy (non-hydrogen) atoms. The highest BCUT2D eigenvalue weighted by Crippen LogP contribution is 2.30. The Kier molecular flexibility index (Phi) is 4.13. The summed E-state index contributed by atoms with van der Waals surface area (Å²) in [7, 11) is 5.96. The molecule has 6 heteroatoms. The van der Waals surface area contributed by atoms with Gasteiger partial charge >= 0.3 is 0 Å². The number of hydrogen-bond donors (Lipinski definition) is 0. The number of benzene rings is 1. The van der Waals surface area contributed by atoms with E-state index in [1.807, 2.05) is 42.4 Å². The van der Waals surface area contributed by atoms with Crippen molar-refractivity contribution in [2.75, 3.05) is 25.5 Å². The number of hydrogen-bond acceptors (Lipinski definition) is 4. The van der Waals surface area contributed by atoms with Crippen LogP contribution in [0, 0.1) is 13.8 Å². The number of carbonyl (C=O) groups excluding carboxylic acids is 1. The highest BCUT2D eigenvalue weighted by molar-refractivity contribution is 6.02. The zero-order chi connectivity index (χ0) is 19.3. The van der Waals surface area contributed by atoms with E-state index in [0.29, 0.717) is 13.1 Å². The van der Waals surface area contributed by atoms with Crippen LogP contribution in [0.1, 0.15) is 32.9 Å². The first kappa shape index (κ1) is 17.5. The highest BCUT2D eigenvalue weighted by atomic mass is 16.2. The van der Waals surface area contributed by atoms with Crippen molar-refractivity contribution in [2.24, 2.45) is 7.05 Å². The van der Waals surface area contributed by atoms with E-state index in [4.69, 9.17) is 0 Å². The van der Waals surface area contributed by atoms with E-state index in [1.54, 1.807) is 6.33 Å². The Morgan fingerprint density at radius 3 is 2.67 bits per heavy atom. The van der Waals surface area contributed by atoms with Gasteiger partial charge in [0.2, 0.25) is 0 Å². The lowest BCUT2D eigenvalue weighted by atomic mass is 10.0. The van der Waals surface area contributed by atoms with Gasteiger partial charge in [-0.25, -0.2) is 9.97 Å². The summed E-state index contributed by atoms with van der Waals surface area (Å²) in [6.45, 7) is 5.34. The molecule has 0 bridgehead atoms. The van der Waals surface area contributed by atoms with Crippen molar-refractivity contribution >= 4 is 22.6 Å². The first-order chi connectivity index (χ1) is 12.9. The van der Waals surface area contributed by atoms with Crippen molar-refractivity contribution in [3.05, 3.63) is 52.6 Å². The molecule has 4 rings (SSSR count). The summed E-state index contributed by atoms with van der Waals surface area (Å²) in [5.74, 6) is 1.02. The molecule has 2 aromatic heterocycles. The van der Waals surface area contributed by atoms with Crippen molar-refractivity contribution in [3.63, 3.8) is 0 Å². The summed E-state index contributed by atoms with van der Waals surface area (Å²) < 4.78 is 2.04. The lowest BCUT2D eigenvalue weighted by Crippen LogP contribution is -2.38. The van der Waals surface area contributed by atoms with Crippen LogP contribution in [0.25, 0.3) is 10.9 Å². The van der Waals surface area contributed by atoms with Gasteiger partial charge in [-0.15, -0.1) is 0 Å². The number of aromatic nitrogens is 3. The van der Waals surface area contributed by atoms with E-state index in [2.05, 4.69) is 35.1 Å². The second kappa shape index (κ2) is 6.37. The maximum absolute atomic E-state index is 13.4. The monoisotopic (exact) mass is 363 g/mol. The summed E-state index contributed by atoms with van der Waals surface area (Å²) in [6, 6.07) is 6.24. The van der Waals surface area contributed by atoms with Crippen LogP contribution >= 0.6 is 0 Å². The molecular formula is C21H25N5O. The number of amides is 1. The topological polar surface area (TPSA) is 54.3 Å². The molecule has 0 saturated heterocycles. The molecule has 6 nitrogen and oxygen atoms in total. The Balaban J connectivity index is 1.72. The zero-order valence-electron chi connectivity index (χ0n) is 16.6. The number of fused-ring (bicyclic) bond motifs is 2. The molecule has 0 radical (unpaired) electrons. The Hall–Kier alpha value is -2.89. The van der Waals surface area contributed by atoms with Crippen molar-refractivity contribution in [3.8, 4) is 0 Å². The number of rotatable bonds is 2. The van der Waals surface area contributed by atoms with Crippen LogP contribution in [-0.4, -0.2) is 46.0 Å². The maximum Gasteiger partial charge on any atom is 0.271 e. The number of nitrogens with zero attached hydrogens (tertiary/aromatic N) is 5. The van der Waals surface area contributed by atoms with Crippen molar-refractivity contribution in [1.29, 1.82) is 0 Å². The first-order valence-electron chi connectivity index (χ1n) is 9.24. The van der Waals surface area contributed by atoms with Crippen LogP contribution in [0.3, 0.4) is 0 Å². The molecule has 1 aliphatic rings. The minimum Gasteiger partial charge on any atom is -0.362 e. The SMILES string of the molecule is Cc1c(C(=O)N2CCc3c(ncnc3N(C)C)C2)n(C)c2c(C)cccc12. The van der Waals surface area contributed by atoms with Crippen LogP contribution in [0.4, 0.5) is 5.82 Å². The van der Waals surface area contributed by atoms with Crippen molar-refractivity contribution < 1.29 is 4.79 Å². The van der Waals surface area contributed by atoms with Gasteiger partial charge in [0.15, 0.2) is 0 Å². The molecule has 1 aliphatic heterocycles. The van der Waals surface area contributed by atoms with Gasteiger partial charge < -0.3 is 14.4 Å². The lowest BCUT2D eigenvalue weighted by Gasteiger charge is -2.30. The van der Waals surface area contributed by atoms with Gasteiger partial charge in [-0.05, 0) is 31.4 Å². The first-order valence-corrected chi connectivity index (χ1v) is 9.24. The van der Waals surface area contributed by atoms with Crippen LogP contribution in [0.5, 0.6) is 0 Å². The fraction of sp³-hybridized carbons (Fsp3) is 0.381. The average molecular weight is 363 g/mol. The van der Waals surface area contributed by atoms with Gasteiger partial charge in [-0.1, -0.05) is 18.2 Å². The third kappa shape index (κ3) is 2.67. The van der Waals surface area contributed by atoms with Gasteiger partial charge in [0.05, 0.1) is 17.8 Å². The molecule has 140 valence electrons. The van der Waals surface area contributed by atoms with Crippen LogP contribution in [0.2, 0.25) is 0 Å². The summed E-state index contributed by atoms with van der Waals surface area (Å²) in [5.41, 5.74) is 6.22. The highest BCUT2D eigenvalue weighted by Gasteiger charge is 2.29. The fourth-order valence-electron chi connectivity index (χ4n) is 4.25. The van der Waals surface area contributed by atoms with Gasteiger partial charge in [-0.3, -0.25) is 4.79 Å². The van der Waals surface area contributed by atoms with E-state index in [9.17, 15) is 4.79 Å². The molecule has 0 unspecified atom stereocenters. The van der Waals surface area contributed by atoms with Crippen LogP contribution in [0.15, 0.2) is 24.5 Å². The minimum absolute atomic E-state index is 0.0706. The van der Waals surface area contributed by atoms with Gasteiger partial charge in [0, 0.05) is 38.6 Å². The smallest absolute Gasteiger partial charge is 0.271 e. The molecular weight excluding hydrogens is 338 g/mol. The number of para-hydroxylation sites is 1. The summed E-state index contributed by atoms with van der Waals surface area (Å²) in [6.07, 6.45) is 2.37. The van der Waals surface area contributed by atoms with Crippen molar-refractivity contribution in [1.82, 2.24) is 19.4 Å². The fourth-order valence-corrected chi connectivity index (χ4v) is 4.25. The quantitative estimate of drug-likeness (QED) is 0.703. The van der Waals surface area contributed by atoms with E-state index in [-0.39, 0.29) is 5.91 Å². The molecule has 0 spiro atoms.